The lowest BCUT2D eigenvalue weighted by Crippen LogP contribution is -2.35. The molecule has 0 bridgehead atoms. The van der Waals surface area contributed by atoms with E-state index < -0.39 is 0 Å². The van der Waals surface area contributed by atoms with Gasteiger partial charge in [0.2, 0.25) is 11.7 Å². The normalized spacial score (nSPS) is 15.8. The second-order valence-electron chi connectivity index (χ2n) is 4.67. The van der Waals surface area contributed by atoms with E-state index in [4.69, 9.17) is 4.42 Å². The minimum Gasteiger partial charge on any atom is -0.461 e. The summed E-state index contributed by atoms with van der Waals surface area (Å²) in [7, 11) is 0. The molecule has 0 radical (unpaired) electrons. The van der Waals surface area contributed by atoms with Crippen molar-refractivity contribution in [2.24, 2.45) is 0 Å². The first-order chi connectivity index (χ1) is 9.31. The van der Waals surface area contributed by atoms with Gasteiger partial charge >= 0.3 is 0 Å². The van der Waals surface area contributed by atoms with Crippen LogP contribution in [0, 0.1) is 0 Å². The number of rotatable bonds is 4. The SMILES string of the molecule is O=C(Cn1nnc(-c2ccco2)n1)NC1CCCC1. The molecule has 2 aromatic rings. The molecule has 0 unspecified atom stereocenters. The van der Waals surface area contributed by atoms with Crippen LogP contribution in [0.2, 0.25) is 0 Å². The molecule has 0 aromatic carbocycles. The Morgan fingerprint density at radius 1 is 1.47 bits per heavy atom. The van der Waals surface area contributed by atoms with Crippen LogP contribution in [0.3, 0.4) is 0 Å². The van der Waals surface area contributed by atoms with Crippen LogP contribution in [-0.4, -0.2) is 32.2 Å². The van der Waals surface area contributed by atoms with Crippen molar-refractivity contribution in [1.82, 2.24) is 25.5 Å². The van der Waals surface area contributed by atoms with Crippen molar-refractivity contribution in [1.29, 1.82) is 0 Å². The number of hydrogen-bond donors (Lipinski definition) is 1. The Morgan fingerprint density at radius 2 is 2.32 bits per heavy atom. The number of amides is 1. The number of aromatic nitrogens is 4. The lowest BCUT2D eigenvalue weighted by molar-refractivity contribution is -0.122. The van der Waals surface area contributed by atoms with E-state index in [1.807, 2.05) is 0 Å². The lowest BCUT2D eigenvalue weighted by atomic mass is 10.2. The molecule has 2 aromatic heterocycles. The van der Waals surface area contributed by atoms with Gasteiger partial charge in [-0.3, -0.25) is 4.79 Å². The van der Waals surface area contributed by atoms with Gasteiger partial charge in [0.05, 0.1) is 6.26 Å². The van der Waals surface area contributed by atoms with Gasteiger partial charge in [-0.15, -0.1) is 10.2 Å². The highest BCUT2D eigenvalue weighted by atomic mass is 16.3. The molecule has 0 spiro atoms. The Labute approximate surface area is 110 Å². The molecule has 7 heteroatoms. The number of nitrogens with one attached hydrogen (secondary N) is 1. The fourth-order valence-corrected chi connectivity index (χ4v) is 2.29. The summed E-state index contributed by atoms with van der Waals surface area (Å²) in [5.41, 5.74) is 0. The molecule has 1 amide bonds. The molecule has 0 atom stereocenters. The van der Waals surface area contributed by atoms with E-state index >= 15 is 0 Å². The highest BCUT2D eigenvalue weighted by Gasteiger charge is 2.18. The molecule has 100 valence electrons. The summed E-state index contributed by atoms with van der Waals surface area (Å²) >= 11 is 0. The average Bonchev–Trinajstić information content (AvgIpc) is 3.09. The summed E-state index contributed by atoms with van der Waals surface area (Å²) in [6, 6.07) is 3.81. The molecule has 1 aliphatic carbocycles. The van der Waals surface area contributed by atoms with Crippen LogP contribution in [-0.2, 0) is 11.3 Å². The molecular formula is C12H15N5O2. The molecular weight excluding hydrogens is 246 g/mol. The first-order valence-electron chi connectivity index (χ1n) is 6.42. The number of hydrogen-bond acceptors (Lipinski definition) is 5. The van der Waals surface area contributed by atoms with Crippen molar-refractivity contribution in [3.8, 4) is 11.6 Å². The highest BCUT2D eigenvalue weighted by Crippen LogP contribution is 2.17. The molecule has 7 nitrogen and oxygen atoms in total. The van der Waals surface area contributed by atoms with Crippen molar-refractivity contribution in [2.45, 2.75) is 38.3 Å². The van der Waals surface area contributed by atoms with Gasteiger partial charge in [0, 0.05) is 6.04 Å². The van der Waals surface area contributed by atoms with Gasteiger partial charge in [-0.05, 0) is 30.2 Å². The predicted molar refractivity (Wildman–Crippen MR) is 65.9 cm³/mol. The van der Waals surface area contributed by atoms with Gasteiger partial charge in [0.25, 0.3) is 0 Å². The molecule has 3 rings (SSSR count). The van der Waals surface area contributed by atoms with Crippen LogP contribution in [0.1, 0.15) is 25.7 Å². The number of tetrazole rings is 1. The third kappa shape index (κ3) is 2.81. The first kappa shape index (κ1) is 11.9. The predicted octanol–water partition coefficient (Wildman–Crippen LogP) is 0.992. The van der Waals surface area contributed by atoms with Gasteiger partial charge in [-0.2, -0.15) is 4.80 Å². The number of furan rings is 1. The largest absolute Gasteiger partial charge is 0.461 e. The Bertz CT molecular complexity index is 542. The number of carbonyl (C=O) groups excluding carboxylic acids is 1. The smallest absolute Gasteiger partial charge is 0.243 e. The molecule has 1 saturated carbocycles. The van der Waals surface area contributed by atoms with Crippen LogP contribution in [0.15, 0.2) is 22.8 Å². The summed E-state index contributed by atoms with van der Waals surface area (Å²) < 4.78 is 5.17. The van der Waals surface area contributed by atoms with Crippen molar-refractivity contribution >= 4 is 5.91 Å². The zero-order chi connectivity index (χ0) is 13.1. The molecule has 1 fully saturated rings. The van der Waals surface area contributed by atoms with Crippen LogP contribution in [0.4, 0.5) is 0 Å². The molecule has 0 aliphatic heterocycles. The van der Waals surface area contributed by atoms with E-state index in [0.29, 0.717) is 17.6 Å². The van der Waals surface area contributed by atoms with Crippen molar-refractivity contribution in [3.05, 3.63) is 18.4 Å². The first-order valence-corrected chi connectivity index (χ1v) is 6.42. The summed E-state index contributed by atoms with van der Waals surface area (Å²) in [4.78, 5) is 13.1. The molecule has 1 N–H and O–H groups in total. The summed E-state index contributed by atoms with van der Waals surface area (Å²) in [6.45, 7) is 0.0875. The van der Waals surface area contributed by atoms with Crippen LogP contribution in [0.25, 0.3) is 11.6 Å². The van der Waals surface area contributed by atoms with E-state index in [-0.39, 0.29) is 12.5 Å². The fraction of sp³-hybridized carbons (Fsp3) is 0.500. The Hall–Kier alpha value is -2.18. The fourth-order valence-electron chi connectivity index (χ4n) is 2.29. The minimum atomic E-state index is -0.0738. The topological polar surface area (TPSA) is 85.8 Å². The van der Waals surface area contributed by atoms with Gasteiger partial charge in [0.15, 0.2) is 5.76 Å². The van der Waals surface area contributed by atoms with E-state index in [0.717, 1.165) is 12.8 Å². The molecule has 0 saturated heterocycles. The van der Waals surface area contributed by atoms with Crippen molar-refractivity contribution in [3.63, 3.8) is 0 Å². The summed E-state index contributed by atoms with van der Waals surface area (Å²) in [5.74, 6) is 0.858. The average molecular weight is 261 g/mol. The lowest BCUT2D eigenvalue weighted by Gasteiger charge is -2.10. The maximum atomic E-state index is 11.8. The zero-order valence-electron chi connectivity index (χ0n) is 10.5. The minimum absolute atomic E-state index is 0.0738. The second-order valence-corrected chi connectivity index (χ2v) is 4.67. The van der Waals surface area contributed by atoms with Crippen LogP contribution < -0.4 is 5.32 Å². The molecule has 2 heterocycles. The van der Waals surface area contributed by atoms with Gasteiger partial charge in [-0.1, -0.05) is 12.8 Å². The van der Waals surface area contributed by atoms with E-state index in [1.165, 1.54) is 17.6 Å². The monoisotopic (exact) mass is 261 g/mol. The summed E-state index contributed by atoms with van der Waals surface area (Å²) in [6.07, 6.45) is 6.05. The number of carbonyl (C=O) groups is 1. The second kappa shape index (κ2) is 5.21. The van der Waals surface area contributed by atoms with Crippen molar-refractivity contribution in [2.75, 3.05) is 0 Å². The summed E-state index contributed by atoms with van der Waals surface area (Å²) in [5, 5.41) is 14.8. The third-order valence-corrected chi connectivity index (χ3v) is 3.20. The standard InChI is InChI=1S/C12H15N5O2/c18-11(13-9-4-1-2-5-9)8-17-15-12(14-16-17)10-6-3-7-19-10/h3,6-7,9H,1-2,4-5,8H2,(H,13,18). The van der Waals surface area contributed by atoms with E-state index in [1.54, 1.807) is 18.4 Å². The van der Waals surface area contributed by atoms with E-state index in [9.17, 15) is 4.79 Å². The Balaban J connectivity index is 1.59. The maximum Gasteiger partial charge on any atom is 0.243 e. The molecule has 19 heavy (non-hydrogen) atoms. The third-order valence-electron chi connectivity index (χ3n) is 3.20. The maximum absolute atomic E-state index is 11.8. The van der Waals surface area contributed by atoms with Crippen LogP contribution >= 0.6 is 0 Å². The van der Waals surface area contributed by atoms with Crippen molar-refractivity contribution < 1.29 is 9.21 Å². The Kier molecular flexibility index (Phi) is 3.26. The Morgan fingerprint density at radius 3 is 3.05 bits per heavy atom. The van der Waals surface area contributed by atoms with Gasteiger partial charge in [0.1, 0.15) is 6.54 Å². The number of nitrogens with zero attached hydrogens (tertiary/aromatic N) is 4. The van der Waals surface area contributed by atoms with E-state index in [2.05, 4.69) is 20.7 Å². The highest BCUT2D eigenvalue weighted by molar-refractivity contribution is 5.75. The van der Waals surface area contributed by atoms with Gasteiger partial charge < -0.3 is 9.73 Å². The zero-order valence-corrected chi connectivity index (χ0v) is 10.5. The van der Waals surface area contributed by atoms with Crippen LogP contribution in [0.5, 0.6) is 0 Å². The quantitative estimate of drug-likeness (QED) is 0.887. The molecule has 1 aliphatic rings. The van der Waals surface area contributed by atoms with Gasteiger partial charge in [-0.25, -0.2) is 0 Å².